The first kappa shape index (κ1) is 25.2. The third-order valence-electron chi connectivity index (χ3n) is 5.86. The van der Waals surface area contributed by atoms with Crippen LogP contribution in [0.25, 0.3) is 0 Å². The molecule has 1 aliphatic heterocycles. The number of methoxy groups -OCH3 is 1. The van der Waals surface area contributed by atoms with Gasteiger partial charge >= 0.3 is 6.18 Å². The van der Waals surface area contributed by atoms with E-state index in [9.17, 15) is 18.0 Å². The number of nitrogens with zero attached hydrogens (tertiary/aromatic N) is 6. The van der Waals surface area contributed by atoms with Crippen molar-refractivity contribution in [2.24, 2.45) is 5.92 Å². The van der Waals surface area contributed by atoms with Crippen LogP contribution < -0.4 is 20.3 Å². The molecular weight excluding hydrogens is 477 g/mol. The fraction of sp³-hybridized carbons (Fsp3) is 0.435. The van der Waals surface area contributed by atoms with Crippen molar-refractivity contribution in [1.82, 2.24) is 24.7 Å². The average molecular weight is 505 g/mol. The number of amides is 1. The topological polar surface area (TPSA) is 110 Å². The highest BCUT2D eigenvalue weighted by Gasteiger charge is 2.35. The van der Waals surface area contributed by atoms with Gasteiger partial charge in [0.1, 0.15) is 17.4 Å². The summed E-state index contributed by atoms with van der Waals surface area (Å²) in [5.41, 5.74) is 1.50. The van der Waals surface area contributed by atoms with Gasteiger partial charge in [0, 0.05) is 30.9 Å². The summed E-state index contributed by atoms with van der Waals surface area (Å²) >= 11 is 0. The number of carbonyl (C=O) groups excluding carboxylic acids is 1. The molecule has 13 heteroatoms. The maximum atomic E-state index is 12.9. The van der Waals surface area contributed by atoms with Crippen LogP contribution in [0.3, 0.4) is 0 Å². The van der Waals surface area contributed by atoms with Gasteiger partial charge in [0.2, 0.25) is 17.7 Å². The van der Waals surface area contributed by atoms with E-state index in [1.807, 2.05) is 25.8 Å². The number of aromatic nitrogens is 5. The van der Waals surface area contributed by atoms with Crippen LogP contribution in [0.15, 0.2) is 24.5 Å². The lowest BCUT2D eigenvalue weighted by molar-refractivity contribution is -0.141. The van der Waals surface area contributed by atoms with Crippen molar-refractivity contribution in [3.8, 4) is 5.88 Å². The highest BCUT2D eigenvalue weighted by atomic mass is 19.4. The minimum absolute atomic E-state index is 0.0836. The molecule has 4 rings (SSSR count). The van der Waals surface area contributed by atoms with E-state index in [1.165, 1.54) is 13.2 Å². The quantitative estimate of drug-likeness (QED) is 0.503. The van der Waals surface area contributed by atoms with Crippen LogP contribution in [0.4, 0.5) is 30.6 Å². The van der Waals surface area contributed by atoms with E-state index >= 15 is 0 Å². The van der Waals surface area contributed by atoms with Crippen LogP contribution in [-0.4, -0.2) is 50.8 Å². The number of nitrogens with one attached hydrogen (secondary N) is 2. The maximum Gasteiger partial charge on any atom is 0.433 e. The van der Waals surface area contributed by atoms with Gasteiger partial charge in [-0.15, -0.1) is 0 Å². The van der Waals surface area contributed by atoms with E-state index in [1.54, 1.807) is 24.0 Å². The van der Waals surface area contributed by atoms with Gasteiger partial charge in [0.15, 0.2) is 5.82 Å². The number of anilines is 3. The lowest BCUT2D eigenvalue weighted by atomic mass is 9.99. The first-order valence-electron chi connectivity index (χ1n) is 11.3. The summed E-state index contributed by atoms with van der Waals surface area (Å²) in [6.07, 6.45) is -1.15. The molecule has 2 N–H and O–H groups in total. The molecule has 0 saturated heterocycles. The molecule has 3 aromatic heterocycles. The molecule has 0 radical (unpaired) electrons. The molecule has 0 aliphatic carbocycles. The predicted octanol–water partition coefficient (Wildman–Crippen LogP) is 3.48. The number of rotatable bonds is 7. The second kappa shape index (κ2) is 9.63. The summed E-state index contributed by atoms with van der Waals surface area (Å²) in [4.78, 5) is 27.0. The molecule has 0 saturated carbocycles. The van der Waals surface area contributed by atoms with Gasteiger partial charge in [-0.2, -0.15) is 23.3 Å². The Balaban J connectivity index is 1.47. The molecule has 0 fully saturated rings. The van der Waals surface area contributed by atoms with Crippen molar-refractivity contribution < 1.29 is 22.7 Å². The van der Waals surface area contributed by atoms with Gasteiger partial charge in [-0.1, -0.05) is 13.8 Å². The molecule has 192 valence electrons. The highest BCUT2D eigenvalue weighted by Crippen LogP contribution is 2.34. The summed E-state index contributed by atoms with van der Waals surface area (Å²) in [7, 11) is 3.12. The highest BCUT2D eigenvalue weighted by molar-refractivity contribution is 6.03. The molecule has 1 atom stereocenters. The molecule has 4 heterocycles. The van der Waals surface area contributed by atoms with Gasteiger partial charge < -0.3 is 20.3 Å². The smallest absolute Gasteiger partial charge is 0.433 e. The number of halogens is 3. The molecule has 0 unspecified atom stereocenters. The molecule has 10 nitrogen and oxygen atoms in total. The molecule has 0 bridgehead atoms. The summed E-state index contributed by atoms with van der Waals surface area (Å²) in [5, 5.41) is 10.4. The van der Waals surface area contributed by atoms with Crippen LogP contribution in [0.5, 0.6) is 5.88 Å². The lowest BCUT2D eigenvalue weighted by Crippen LogP contribution is -2.49. The Morgan fingerprint density at radius 1 is 1.22 bits per heavy atom. The van der Waals surface area contributed by atoms with Gasteiger partial charge in [0.05, 0.1) is 25.5 Å². The molecule has 1 amide bonds. The van der Waals surface area contributed by atoms with Crippen molar-refractivity contribution in [3.63, 3.8) is 0 Å². The maximum absolute atomic E-state index is 12.9. The number of hydrogen-bond donors (Lipinski definition) is 2. The molecule has 0 spiro atoms. The Hall–Kier alpha value is -3.90. The van der Waals surface area contributed by atoms with E-state index in [0.717, 1.165) is 11.6 Å². The van der Waals surface area contributed by atoms with Gasteiger partial charge in [0.25, 0.3) is 0 Å². The number of hydrogen-bond acceptors (Lipinski definition) is 8. The zero-order valence-electron chi connectivity index (χ0n) is 20.5. The number of aryl methyl sites for hydroxylation is 1. The minimum atomic E-state index is -4.55. The summed E-state index contributed by atoms with van der Waals surface area (Å²) in [6.45, 7) is 6.31. The Bertz CT molecular complexity index is 1270. The number of likely N-dealkylation sites (N-methyl/N-ethyl adjacent to an activating group) is 1. The second-order valence-electron chi connectivity index (χ2n) is 8.88. The molecule has 1 aliphatic rings. The molecule has 0 aromatic carbocycles. The molecule has 3 aromatic rings. The number of fused-ring (bicyclic) bond motifs is 1. The standard InChI is InChI=1S/C23H27F3N8O2/c1-12(2)18-20(35)31-17-13(3)29-22(32-19(17)33(18)4)27-8-14-9-28-34(10-14)11-15-6-7-16(23(24,25)26)30-21(15)36-5/h6-7,9-10,12,18H,8,11H2,1-5H3,(H,31,35)(H,27,29,32)/t18-/m0/s1. The third kappa shape index (κ3) is 5.04. The van der Waals surface area contributed by atoms with Crippen molar-refractivity contribution in [2.45, 2.75) is 46.1 Å². The average Bonchev–Trinajstić information content (AvgIpc) is 3.25. The van der Waals surface area contributed by atoms with Crippen molar-refractivity contribution >= 4 is 23.4 Å². The van der Waals surface area contributed by atoms with Crippen LogP contribution in [0.1, 0.15) is 36.4 Å². The summed E-state index contributed by atoms with van der Waals surface area (Å²) < 4.78 is 45.4. The van der Waals surface area contributed by atoms with E-state index in [-0.39, 0.29) is 30.3 Å². The van der Waals surface area contributed by atoms with Crippen LogP contribution >= 0.6 is 0 Å². The Morgan fingerprint density at radius 2 is 1.97 bits per heavy atom. The van der Waals surface area contributed by atoms with Gasteiger partial charge in [-0.05, 0) is 25.0 Å². The molecular formula is C23H27F3N8O2. The van der Waals surface area contributed by atoms with Crippen LogP contribution in [-0.2, 0) is 24.1 Å². The summed E-state index contributed by atoms with van der Waals surface area (Å²) in [5.74, 6) is 0.951. The van der Waals surface area contributed by atoms with E-state index < -0.39 is 11.9 Å². The van der Waals surface area contributed by atoms with Crippen LogP contribution in [0.2, 0.25) is 0 Å². The second-order valence-corrected chi connectivity index (χ2v) is 8.88. The first-order chi connectivity index (χ1) is 17.0. The van der Waals surface area contributed by atoms with Crippen LogP contribution in [0, 0.1) is 12.8 Å². The Kier molecular flexibility index (Phi) is 6.74. The van der Waals surface area contributed by atoms with Gasteiger partial charge in [-0.3, -0.25) is 9.48 Å². The van der Waals surface area contributed by atoms with E-state index in [0.29, 0.717) is 35.3 Å². The Morgan fingerprint density at radius 3 is 2.64 bits per heavy atom. The fourth-order valence-electron chi connectivity index (χ4n) is 4.16. The predicted molar refractivity (Wildman–Crippen MR) is 127 cm³/mol. The van der Waals surface area contributed by atoms with Gasteiger partial charge in [-0.25, -0.2) is 9.97 Å². The minimum Gasteiger partial charge on any atom is -0.481 e. The number of alkyl halides is 3. The number of pyridine rings is 1. The fourth-order valence-corrected chi connectivity index (χ4v) is 4.16. The van der Waals surface area contributed by atoms with Crippen molar-refractivity contribution in [2.75, 3.05) is 29.7 Å². The first-order valence-corrected chi connectivity index (χ1v) is 11.3. The number of ether oxygens (including phenoxy) is 1. The summed E-state index contributed by atoms with van der Waals surface area (Å²) in [6, 6.07) is 1.91. The monoisotopic (exact) mass is 504 g/mol. The lowest BCUT2D eigenvalue weighted by Gasteiger charge is -2.36. The third-order valence-corrected chi connectivity index (χ3v) is 5.86. The zero-order chi connectivity index (χ0) is 26.2. The largest absolute Gasteiger partial charge is 0.481 e. The molecule has 36 heavy (non-hydrogen) atoms. The SMILES string of the molecule is COc1nc(C(F)(F)F)ccc1Cn1cc(CNc2nc(C)c3c(n2)N(C)[C@@H](C(C)C)C(=O)N3)cn1. The van der Waals surface area contributed by atoms with Crippen molar-refractivity contribution in [3.05, 3.63) is 47.0 Å². The van der Waals surface area contributed by atoms with E-state index in [4.69, 9.17) is 4.74 Å². The number of carbonyl (C=O) groups is 1. The zero-order valence-corrected chi connectivity index (χ0v) is 20.5. The normalized spacial score (nSPS) is 15.6. The Labute approximate surface area is 205 Å². The van der Waals surface area contributed by atoms with Crippen molar-refractivity contribution in [1.29, 1.82) is 0 Å². The van der Waals surface area contributed by atoms with E-state index in [2.05, 4.69) is 30.7 Å².